The number of halogens is 2. The molecule has 0 spiro atoms. The number of amides is 2. The lowest BCUT2D eigenvalue weighted by Gasteiger charge is -2.31. The fraction of sp³-hybridized carbons (Fsp3) is 0.529. The zero-order chi connectivity index (χ0) is 16.4. The summed E-state index contributed by atoms with van der Waals surface area (Å²) >= 11 is 0. The topological polar surface area (TPSA) is 49.4 Å². The van der Waals surface area contributed by atoms with Crippen LogP contribution in [0.1, 0.15) is 38.5 Å². The van der Waals surface area contributed by atoms with E-state index in [2.05, 4.69) is 5.32 Å². The summed E-state index contributed by atoms with van der Waals surface area (Å²) < 4.78 is 26.5. The molecule has 4 nitrogen and oxygen atoms in total. The van der Waals surface area contributed by atoms with Crippen molar-refractivity contribution in [1.29, 1.82) is 0 Å². The van der Waals surface area contributed by atoms with E-state index in [-0.39, 0.29) is 30.0 Å². The molecule has 2 aliphatic rings. The Morgan fingerprint density at radius 3 is 2.61 bits per heavy atom. The summed E-state index contributed by atoms with van der Waals surface area (Å²) in [6.45, 7) is 0.387. The Morgan fingerprint density at radius 2 is 1.91 bits per heavy atom. The molecule has 2 amide bonds. The first-order chi connectivity index (χ1) is 11.0. The predicted molar refractivity (Wildman–Crippen MR) is 81.7 cm³/mol. The normalized spacial score (nSPS) is 22.4. The zero-order valence-corrected chi connectivity index (χ0v) is 12.9. The van der Waals surface area contributed by atoms with Gasteiger partial charge in [-0.15, -0.1) is 0 Å². The second-order valence-corrected chi connectivity index (χ2v) is 6.35. The van der Waals surface area contributed by atoms with Gasteiger partial charge in [0.1, 0.15) is 11.6 Å². The van der Waals surface area contributed by atoms with Gasteiger partial charge in [0.05, 0.1) is 11.6 Å². The van der Waals surface area contributed by atoms with Crippen LogP contribution in [0.2, 0.25) is 0 Å². The molecule has 23 heavy (non-hydrogen) atoms. The van der Waals surface area contributed by atoms with Crippen LogP contribution >= 0.6 is 0 Å². The molecule has 1 aromatic carbocycles. The minimum Gasteiger partial charge on any atom is -0.339 e. The van der Waals surface area contributed by atoms with Crippen LogP contribution in [0.4, 0.5) is 14.5 Å². The van der Waals surface area contributed by atoms with Crippen molar-refractivity contribution in [2.45, 2.75) is 44.6 Å². The Morgan fingerprint density at radius 1 is 1.17 bits per heavy atom. The van der Waals surface area contributed by atoms with Crippen molar-refractivity contribution in [3.05, 3.63) is 29.8 Å². The smallest absolute Gasteiger partial charge is 0.229 e. The monoisotopic (exact) mass is 322 g/mol. The van der Waals surface area contributed by atoms with Crippen molar-refractivity contribution in [3.8, 4) is 0 Å². The maximum absolute atomic E-state index is 13.6. The number of nitrogens with one attached hydrogen (secondary N) is 1. The molecule has 1 unspecified atom stereocenters. The van der Waals surface area contributed by atoms with Crippen LogP contribution in [0.15, 0.2) is 18.2 Å². The van der Waals surface area contributed by atoms with Crippen molar-refractivity contribution in [3.63, 3.8) is 0 Å². The second-order valence-electron chi connectivity index (χ2n) is 6.35. The molecule has 6 heteroatoms. The van der Waals surface area contributed by atoms with Crippen LogP contribution in [0.5, 0.6) is 0 Å². The molecule has 1 heterocycles. The van der Waals surface area contributed by atoms with Gasteiger partial charge in [-0.1, -0.05) is 19.3 Å². The highest BCUT2D eigenvalue weighted by Gasteiger charge is 2.38. The van der Waals surface area contributed by atoms with Gasteiger partial charge in [-0.3, -0.25) is 9.59 Å². The summed E-state index contributed by atoms with van der Waals surface area (Å²) in [6, 6.07) is 3.24. The molecule has 1 aromatic rings. The maximum Gasteiger partial charge on any atom is 0.229 e. The fourth-order valence-corrected chi connectivity index (χ4v) is 3.48. The van der Waals surface area contributed by atoms with Gasteiger partial charge in [0.15, 0.2) is 0 Å². The van der Waals surface area contributed by atoms with E-state index in [1.54, 1.807) is 0 Å². The summed E-state index contributed by atoms with van der Waals surface area (Å²) in [5, 5.41) is 2.46. The van der Waals surface area contributed by atoms with Gasteiger partial charge in [-0.05, 0) is 25.0 Å². The molecule has 1 saturated carbocycles. The SMILES string of the molecule is O=C(Nc1ccc(F)cc1F)C1CC(=O)N(C2CCCCC2)C1. The molecule has 0 aromatic heterocycles. The standard InChI is InChI=1S/C17H20F2N2O2/c18-12-6-7-15(14(19)9-12)20-17(23)11-8-16(22)21(10-11)13-4-2-1-3-5-13/h6-7,9,11,13H,1-5,8,10H2,(H,20,23). The Kier molecular flexibility index (Phi) is 4.59. The van der Waals surface area contributed by atoms with Gasteiger partial charge < -0.3 is 10.2 Å². The Hall–Kier alpha value is -1.98. The molecule has 1 aliphatic carbocycles. The van der Waals surface area contributed by atoms with Crippen LogP contribution in [0, 0.1) is 17.6 Å². The number of carbonyl (C=O) groups excluding carboxylic acids is 2. The summed E-state index contributed by atoms with van der Waals surface area (Å²) in [5.41, 5.74) is -0.0556. The number of benzene rings is 1. The summed E-state index contributed by atoms with van der Waals surface area (Å²) in [6.07, 6.45) is 5.58. The van der Waals surface area contributed by atoms with E-state index in [1.165, 1.54) is 12.5 Å². The number of hydrogen-bond donors (Lipinski definition) is 1. The second kappa shape index (κ2) is 6.64. The van der Waals surface area contributed by atoms with Gasteiger partial charge in [0.25, 0.3) is 0 Å². The van der Waals surface area contributed by atoms with Gasteiger partial charge in [0.2, 0.25) is 11.8 Å². The lowest BCUT2D eigenvalue weighted by Crippen LogP contribution is -2.38. The maximum atomic E-state index is 13.6. The third-order valence-electron chi connectivity index (χ3n) is 4.73. The molecule has 1 saturated heterocycles. The summed E-state index contributed by atoms with van der Waals surface area (Å²) in [5.74, 6) is -2.38. The van der Waals surface area contributed by atoms with Gasteiger partial charge in [-0.2, -0.15) is 0 Å². The van der Waals surface area contributed by atoms with E-state index in [0.717, 1.165) is 37.8 Å². The number of rotatable bonds is 3. The highest BCUT2D eigenvalue weighted by Crippen LogP contribution is 2.29. The quantitative estimate of drug-likeness (QED) is 0.930. The number of likely N-dealkylation sites (tertiary alicyclic amines) is 1. The van der Waals surface area contributed by atoms with Crippen LogP contribution in [0.3, 0.4) is 0 Å². The molecule has 0 radical (unpaired) electrons. The van der Waals surface area contributed by atoms with Crippen molar-refractivity contribution >= 4 is 17.5 Å². The van der Waals surface area contributed by atoms with Crippen molar-refractivity contribution < 1.29 is 18.4 Å². The van der Waals surface area contributed by atoms with E-state index < -0.39 is 17.6 Å². The molecular formula is C17H20F2N2O2. The number of carbonyl (C=O) groups is 2. The van der Waals surface area contributed by atoms with E-state index >= 15 is 0 Å². The van der Waals surface area contributed by atoms with Gasteiger partial charge in [0, 0.05) is 25.1 Å². The molecular weight excluding hydrogens is 302 g/mol. The molecule has 1 atom stereocenters. The lowest BCUT2D eigenvalue weighted by molar-refractivity contribution is -0.130. The summed E-state index contributed by atoms with van der Waals surface area (Å²) in [4.78, 5) is 26.3. The van der Waals surface area contributed by atoms with E-state index in [1.807, 2.05) is 4.90 Å². The van der Waals surface area contributed by atoms with E-state index in [0.29, 0.717) is 6.54 Å². The zero-order valence-electron chi connectivity index (χ0n) is 12.9. The number of anilines is 1. The minimum absolute atomic E-state index is 0.00312. The predicted octanol–water partition coefficient (Wildman–Crippen LogP) is 3.08. The minimum atomic E-state index is -0.813. The van der Waals surface area contributed by atoms with Crippen molar-refractivity contribution in [2.75, 3.05) is 11.9 Å². The lowest BCUT2D eigenvalue weighted by atomic mass is 9.94. The van der Waals surface area contributed by atoms with Crippen LogP contribution in [-0.2, 0) is 9.59 Å². The Balaban J connectivity index is 1.63. The van der Waals surface area contributed by atoms with Gasteiger partial charge >= 0.3 is 0 Å². The number of hydrogen-bond acceptors (Lipinski definition) is 2. The van der Waals surface area contributed by atoms with Crippen LogP contribution in [-0.4, -0.2) is 29.3 Å². The summed E-state index contributed by atoms with van der Waals surface area (Å²) in [7, 11) is 0. The molecule has 1 aliphatic heterocycles. The van der Waals surface area contributed by atoms with Gasteiger partial charge in [-0.25, -0.2) is 8.78 Å². The molecule has 0 bridgehead atoms. The highest BCUT2D eigenvalue weighted by molar-refractivity contribution is 5.97. The number of nitrogens with zero attached hydrogens (tertiary/aromatic N) is 1. The third-order valence-corrected chi connectivity index (χ3v) is 4.73. The largest absolute Gasteiger partial charge is 0.339 e. The van der Waals surface area contributed by atoms with Crippen molar-refractivity contribution in [1.82, 2.24) is 4.90 Å². The molecule has 1 N–H and O–H groups in total. The Bertz CT molecular complexity index is 615. The first kappa shape index (κ1) is 15.9. The fourth-order valence-electron chi connectivity index (χ4n) is 3.48. The third kappa shape index (κ3) is 3.51. The van der Waals surface area contributed by atoms with Crippen LogP contribution < -0.4 is 5.32 Å². The van der Waals surface area contributed by atoms with Crippen molar-refractivity contribution in [2.24, 2.45) is 5.92 Å². The first-order valence-electron chi connectivity index (χ1n) is 8.10. The highest BCUT2D eigenvalue weighted by atomic mass is 19.1. The molecule has 2 fully saturated rings. The average molecular weight is 322 g/mol. The molecule has 124 valence electrons. The van der Waals surface area contributed by atoms with E-state index in [9.17, 15) is 18.4 Å². The average Bonchev–Trinajstić information content (AvgIpc) is 2.93. The van der Waals surface area contributed by atoms with E-state index in [4.69, 9.17) is 0 Å². The first-order valence-corrected chi connectivity index (χ1v) is 8.10. The molecule has 3 rings (SSSR count). The van der Waals surface area contributed by atoms with Crippen LogP contribution in [0.25, 0.3) is 0 Å². The Labute approximate surface area is 133 Å².